The zero-order valence-corrected chi connectivity index (χ0v) is 8.90. The summed E-state index contributed by atoms with van der Waals surface area (Å²) in [5, 5.41) is 11.5. The molecule has 5 nitrogen and oxygen atoms in total. The Morgan fingerprint density at radius 1 is 1.44 bits per heavy atom. The number of carbonyl (C=O) groups excluding carboxylic acids is 1. The fourth-order valence-corrected chi connectivity index (χ4v) is 1.44. The molecule has 1 aliphatic heterocycles. The van der Waals surface area contributed by atoms with Crippen LogP contribution in [0.4, 0.5) is 5.69 Å². The van der Waals surface area contributed by atoms with Crippen LogP contribution in [-0.4, -0.2) is 22.6 Å². The molecule has 1 aliphatic rings. The highest BCUT2D eigenvalue weighted by atomic mass is 16.5. The molecule has 1 heterocycles. The minimum atomic E-state index is -1.03. The predicted molar refractivity (Wildman–Crippen MR) is 56.7 cm³/mol. The first-order valence-electron chi connectivity index (χ1n) is 4.78. The van der Waals surface area contributed by atoms with Gasteiger partial charge in [-0.15, -0.1) is 0 Å². The summed E-state index contributed by atoms with van der Waals surface area (Å²) in [4.78, 5) is 22.3. The number of fused-ring (bicyclic) bond motifs is 1. The van der Waals surface area contributed by atoms with Crippen LogP contribution in [-0.2, 0) is 4.79 Å². The lowest BCUT2D eigenvalue weighted by atomic mass is 10.1. The second-order valence-electron chi connectivity index (χ2n) is 4.08. The molecular formula is C11H11NO4. The van der Waals surface area contributed by atoms with E-state index in [1.54, 1.807) is 13.8 Å². The number of carboxylic acid groups (broad SMARTS) is 1. The number of hydrogen-bond acceptors (Lipinski definition) is 3. The van der Waals surface area contributed by atoms with Crippen LogP contribution < -0.4 is 10.1 Å². The molecule has 0 radical (unpaired) electrons. The SMILES string of the molecule is CC1(C)Oc2cc(C(=O)O)ccc2NC1=O. The van der Waals surface area contributed by atoms with Gasteiger partial charge in [-0.3, -0.25) is 4.79 Å². The number of carbonyl (C=O) groups is 2. The highest BCUT2D eigenvalue weighted by Gasteiger charge is 2.35. The molecule has 0 fully saturated rings. The maximum absolute atomic E-state index is 11.5. The first-order valence-corrected chi connectivity index (χ1v) is 4.78. The van der Waals surface area contributed by atoms with Gasteiger partial charge in [0, 0.05) is 0 Å². The van der Waals surface area contributed by atoms with E-state index in [1.165, 1.54) is 18.2 Å². The number of ether oxygens (including phenoxy) is 1. The van der Waals surface area contributed by atoms with Crippen molar-refractivity contribution in [2.75, 3.05) is 5.32 Å². The Balaban J connectivity index is 2.45. The maximum atomic E-state index is 11.5. The number of anilines is 1. The third kappa shape index (κ3) is 1.60. The average molecular weight is 221 g/mol. The Bertz CT molecular complexity index is 479. The summed E-state index contributed by atoms with van der Waals surface area (Å²) in [6.45, 7) is 3.25. The van der Waals surface area contributed by atoms with Gasteiger partial charge in [0.2, 0.25) is 0 Å². The smallest absolute Gasteiger partial charge is 0.335 e. The number of rotatable bonds is 1. The summed E-state index contributed by atoms with van der Waals surface area (Å²) in [5.41, 5.74) is -0.357. The van der Waals surface area contributed by atoms with Crippen molar-refractivity contribution in [2.24, 2.45) is 0 Å². The van der Waals surface area contributed by atoms with Crippen molar-refractivity contribution in [3.05, 3.63) is 23.8 Å². The number of nitrogens with one attached hydrogen (secondary N) is 1. The van der Waals surface area contributed by atoms with Gasteiger partial charge in [-0.25, -0.2) is 4.79 Å². The Hall–Kier alpha value is -2.04. The molecule has 0 aromatic heterocycles. The lowest BCUT2D eigenvalue weighted by Crippen LogP contribution is -2.45. The van der Waals surface area contributed by atoms with Crippen molar-refractivity contribution in [3.8, 4) is 5.75 Å². The standard InChI is InChI=1S/C11H11NO4/c1-11(2)10(15)12-7-4-3-6(9(13)14)5-8(7)16-11/h3-5H,1-2H3,(H,12,15)(H,13,14). The van der Waals surface area contributed by atoms with Gasteiger partial charge in [0.15, 0.2) is 5.60 Å². The number of hydrogen-bond donors (Lipinski definition) is 2. The number of aromatic carboxylic acids is 1. The zero-order valence-electron chi connectivity index (χ0n) is 8.90. The van der Waals surface area contributed by atoms with Crippen molar-refractivity contribution >= 4 is 17.6 Å². The third-order valence-electron chi connectivity index (χ3n) is 2.39. The molecule has 2 N–H and O–H groups in total. The average Bonchev–Trinajstić information content (AvgIpc) is 2.18. The molecule has 2 rings (SSSR count). The van der Waals surface area contributed by atoms with E-state index in [2.05, 4.69) is 5.32 Å². The molecule has 84 valence electrons. The van der Waals surface area contributed by atoms with E-state index in [4.69, 9.17) is 9.84 Å². The van der Waals surface area contributed by atoms with Crippen LogP contribution in [0.25, 0.3) is 0 Å². The third-order valence-corrected chi connectivity index (χ3v) is 2.39. The number of benzene rings is 1. The van der Waals surface area contributed by atoms with Gasteiger partial charge in [-0.2, -0.15) is 0 Å². The molecule has 0 spiro atoms. The summed E-state index contributed by atoms with van der Waals surface area (Å²) in [7, 11) is 0. The first kappa shape index (κ1) is 10.5. The van der Waals surface area contributed by atoms with E-state index in [-0.39, 0.29) is 11.5 Å². The van der Waals surface area contributed by atoms with Crippen molar-refractivity contribution in [3.63, 3.8) is 0 Å². The highest BCUT2D eigenvalue weighted by Crippen LogP contribution is 2.34. The topological polar surface area (TPSA) is 75.6 Å². The molecule has 16 heavy (non-hydrogen) atoms. The summed E-state index contributed by atoms with van der Waals surface area (Å²) >= 11 is 0. The van der Waals surface area contributed by atoms with Crippen molar-refractivity contribution in [1.82, 2.24) is 0 Å². The van der Waals surface area contributed by atoms with Crippen LogP contribution in [0.5, 0.6) is 5.75 Å². The van der Waals surface area contributed by atoms with Crippen molar-refractivity contribution in [1.29, 1.82) is 0 Å². The van der Waals surface area contributed by atoms with Crippen LogP contribution in [0.2, 0.25) is 0 Å². The van der Waals surface area contributed by atoms with Gasteiger partial charge in [-0.1, -0.05) is 0 Å². The predicted octanol–water partition coefficient (Wildman–Crippen LogP) is 1.49. The Labute approximate surface area is 92.0 Å². The monoisotopic (exact) mass is 221 g/mol. The molecule has 0 saturated heterocycles. The quantitative estimate of drug-likeness (QED) is 0.753. The van der Waals surface area contributed by atoms with Crippen molar-refractivity contribution in [2.45, 2.75) is 19.4 Å². The largest absolute Gasteiger partial charge is 0.478 e. The number of carboxylic acids is 1. The zero-order chi connectivity index (χ0) is 11.9. The molecule has 0 aliphatic carbocycles. The van der Waals surface area contributed by atoms with E-state index in [0.717, 1.165) is 0 Å². The van der Waals surface area contributed by atoms with Crippen LogP contribution in [0.3, 0.4) is 0 Å². The Kier molecular flexibility index (Phi) is 2.11. The lowest BCUT2D eigenvalue weighted by molar-refractivity contribution is -0.129. The molecule has 1 aromatic rings. The summed E-state index contributed by atoms with van der Waals surface area (Å²) in [6, 6.07) is 4.34. The summed E-state index contributed by atoms with van der Waals surface area (Å²) in [5.74, 6) is -0.895. The van der Waals surface area contributed by atoms with Crippen LogP contribution >= 0.6 is 0 Å². The van der Waals surface area contributed by atoms with E-state index < -0.39 is 11.6 Å². The van der Waals surface area contributed by atoms with Gasteiger partial charge in [-0.05, 0) is 32.0 Å². The Morgan fingerprint density at radius 3 is 2.75 bits per heavy atom. The first-order chi connectivity index (χ1) is 7.40. The highest BCUT2D eigenvalue weighted by molar-refractivity contribution is 6.01. The Morgan fingerprint density at radius 2 is 2.12 bits per heavy atom. The van der Waals surface area contributed by atoms with Crippen molar-refractivity contribution < 1.29 is 19.4 Å². The maximum Gasteiger partial charge on any atom is 0.335 e. The van der Waals surface area contributed by atoms with E-state index in [0.29, 0.717) is 11.4 Å². The van der Waals surface area contributed by atoms with Gasteiger partial charge in [0.1, 0.15) is 5.75 Å². The molecule has 0 atom stereocenters. The normalized spacial score (nSPS) is 17.0. The van der Waals surface area contributed by atoms with Gasteiger partial charge >= 0.3 is 5.97 Å². The van der Waals surface area contributed by atoms with Crippen LogP contribution in [0.15, 0.2) is 18.2 Å². The van der Waals surface area contributed by atoms with E-state index in [9.17, 15) is 9.59 Å². The van der Waals surface area contributed by atoms with E-state index in [1.807, 2.05) is 0 Å². The molecule has 5 heteroatoms. The van der Waals surface area contributed by atoms with Gasteiger partial charge < -0.3 is 15.2 Å². The second-order valence-corrected chi connectivity index (χ2v) is 4.08. The van der Waals surface area contributed by atoms with Gasteiger partial charge in [0.25, 0.3) is 5.91 Å². The minimum Gasteiger partial charge on any atom is -0.478 e. The van der Waals surface area contributed by atoms with Gasteiger partial charge in [0.05, 0.1) is 11.3 Å². The summed E-state index contributed by atoms with van der Waals surface area (Å²) in [6.07, 6.45) is 0. The number of amides is 1. The molecule has 1 aromatic carbocycles. The second kappa shape index (κ2) is 3.23. The summed E-state index contributed by atoms with van der Waals surface area (Å²) < 4.78 is 5.45. The van der Waals surface area contributed by atoms with E-state index >= 15 is 0 Å². The van der Waals surface area contributed by atoms with Crippen LogP contribution in [0.1, 0.15) is 24.2 Å². The molecule has 1 amide bonds. The molecule has 0 saturated carbocycles. The minimum absolute atomic E-state index is 0.130. The fourth-order valence-electron chi connectivity index (χ4n) is 1.44. The molecule has 0 unspecified atom stereocenters. The molecular weight excluding hydrogens is 210 g/mol. The lowest BCUT2D eigenvalue weighted by Gasteiger charge is -2.31. The fraction of sp³-hybridized carbons (Fsp3) is 0.273. The molecule has 0 bridgehead atoms. The van der Waals surface area contributed by atoms with Crippen LogP contribution in [0, 0.1) is 0 Å².